The van der Waals surface area contributed by atoms with Crippen LogP contribution in [0.1, 0.15) is 41.9 Å². The molecule has 1 aliphatic rings. The molecule has 0 unspecified atom stereocenters. The lowest BCUT2D eigenvalue weighted by atomic mass is 9.94. The van der Waals surface area contributed by atoms with Crippen molar-refractivity contribution < 1.29 is 9.13 Å². The second-order valence-corrected chi connectivity index (χ2v) is 8.22. The molecule has 4 rings (SSSR count). The van der Waals surface area contributed by atoms with E-state index in [0.29, 0.717) is 66.8 Å². The number of rotatable bonds is 0. The van der Waals surface area contributed by atoms with Crippen LogP contribution in [-0.4, -0.2) is 45.0 Å². The Bertz CT molecular complexity index is 1180. The number of hydrogen-bond donors (Lipinski definition) is 1. The van der Waals surface area contributed by atoms with Crippen molar-refractivity contribution in [3.63, 3.8) is 0 Å². The average molecular weight is 436 g/mol. The van der Waals surface area contributed by atoms with E-state index in [1.807, 2.05) is 18.9 Å². The van der Waals surface area contributed by atoms with Gasteiger partial charge in [-0.05, 0) is 49.6 Å². The van der Waals surface area contributed by atoms with Crippen LogP contribution >= 0.6 is 0 Å². The Hall–Kier alpha value is -3.51. The van der Waals surface area contributed by atoms with Gasteiger partial charge >= 0.3 is 0 Å². The molecule has 0 aliphatic carbocycles. The normalized spacial score (nSPS) is 17.3. The molecule has 2 N–H and O–H groups in total. The summed E-state index contributed by atoms with van der Waals surface area (Å²) in [5.41, 5.74) is 10.1. The molecule has 0 saturated heterocycles. The third-order valence-electron chi connectivity index (χ3n) is 5.85. The molecule has 32 heavy (non-hydrogen) atoms. The second kappa shape index (κ2) is 8.93. The molecule has 2 aromatic heterocycles. The van der Waals surface area contributed by atoms with Crippen LogP contribution in [0.25, 0.3) is 11.3 Å². The van der Waals surface area contributed by atoms with Crippen LogP contribution in [0, 0.1) is 17.1 Å². The Kier molecular flexibility index (Phi) is 6.06. The van der Waals surface area contributed by atoms with Gasteiger partial charge in [0.05, 0.1) is 28.8 Å². The van der Waals surface area contributed by atoms with E-state index in [4.69, 9.17) is 15.5 Å². The molecule has 0 spiro atoms. The maximum atomic E-state index is 14.0. The fourth-order valence-corrected chi connectivity index (χ4v) is 3.98. The third kappa shape index (κ3) is 4.27. The number of nitrogens with zero attached hydrogens (tertiary/aromatic N) is 6. The number of likely N-dealkylation sites (N-methyl/N-ethyl adjacent to an activating group) is 1. The smallest absolute Gasteiger partial charge is 0.147 e. The maximum absolute atomic E-state index is 14.0. The summed E-state index contributed by atoms with van der Waals surface area (Å²) in [6, 6.07) is 6.86. The van der Waals surface area contributed by atoms with Crippen molar-refractivity contribution in [1.29, 1.82) is 5.26 Å². The topological polar surface area (TPSA) is 106 Å². The van der Waals surface area contributed by atoms with Gasteiger partial charge in [-0.25, -0.2) is 14.4 Å². The second-order valence-electron chi connectivity index (χ2n) is 8.22. The number of nitriles is 1. The summed E-state index contributed by atoms with van der Waals surface area (Å²) in [5, 5.41) is 14.3. The van der Waals surface area contributed by atoms with Crippen LogP contribution in [-0.2, 0) is 19.9 Å². The predicted molar refractivity (Wildman–Crippen MR) is 118 cm³/mol. The number of hydrogen-bond acceptors (Lipinski definition) is 7. The largest absolute Gasteiger partial charge is 0.478 e. The molecule has 3 heterocycles. The van der Waals surface area contributed by atoms with Crippen LogP contribution < -0.4 is 10.5 Å². The van der Waals surface area contributed by atoms with E-state index in [1.165, 1.54) is 12.1 Å². The number of nitrogen functional groups attached to an aromatic ring is 1. The van der Waals surface area contributed by atoms with Gasteiger partial charge in [0.25, 0.3) is 0 Å². The number of ether oxygens (including phenoxy) is 1. The van der Waals surface area contributed by atoms with E-state index in [9.17, 15) is 9.65 Å². The van der Waals surface area contributed by atoms with E-state index < -0.39 is 0 Å². The predicted octanol–water partition coefficient (Wildman–Crippen LogP) is 3.03. The molecule has 0 saturated carbocycles. The molecule has 0 fully saturated rings. The van der Waals surface area contributed by atoms with E-state index >= 15 is 0 Å². The van der Waals surface area contributed by atoms with Crippen LogP contribution in [0.15, 0.2) is 24.4 Å². The van der Waals surface area contributed by atoms with Crippen LogP contribution in [0.5, 0.6) is 5.75 Å². The molecule has 2 bridgehead atoms. The Morgan fingerprint density at radius 2 is 2.06 bits per heavy atom. The number of aryl methyl sites for hydroxylation is 2. The first-order valence-electron chi connectivity index (χ1n) is 10.6. The third-order valence-corrected chi connectivity index (χ3v) is 5.85. The van der Waals surface area contributed by atoms with Gasteiger partial charge in [0.15, 0.2) is 0 Å². The molecule has 9 heteroatoms. The number of fused-ring (bicyclic) bond motifs is 5. The minimum absolute atomic E-state index is 0.0182. The van der Waals surface area contributed by atoms with E-state index in [-0.39, 0.29) is 11.7 Å². The van der Waals surface area contributed by atoms with Crippen molar-refractivity contribution in [3.8, 4) is 23.1 Å². The maximum Gasteiger partial charge on any atom is 0.147 e. The highest BCUT2D eigenvalue weighted by atomic mass is 19.1. The molecule has 1 aliphatic heterocycles. The molecule has 166 valence electrons. The summed E-state index contributed by atoms with van der Waals surface area (Å²) in [5.74, 6) is 0.741. The summed E-state index contributed by atoms with van der Waals surface area (Å²) in [6.45, 7) is 3.03. The van der Waals surface area contributed by atoms with E-state index in [2.05, 4.69) is 16.2 Å². The van der Waals surface area contributed by atoms with Gasteiger partial charge in [-0.2, -0.15) is 10.4 Å². The summed E-state index contributed by atoms with van der Waals surface area (Å²) < 4.78 is 21.6. The first-order chi connectivity index (χ1) is 15.4. The van der Waals surface area contributed by atoms with E-state index in [1.54, 1.807) is 24.0 Å². The first kappa shape index (κ1) is 21.7. The lowest BCUT2D eigenvalue weighted by Crippen LogP contribution is -2.26. The molecule has 0 amide bonds. The lowest BCUT2D eigenvalue weighted by molar-refractivity contribution is 0.152. The molecular formula is C23H26FN7O. The van der Waals surface area contributed by atoms with Gasteiger partial charge in [0.2, 0.25) is 0 Å². The van der Waals surface area contributed by atoms with Crippen molar-refractivity contribution >= 4 is 5.82 Å². The highest BCUT2D eigenvalue weighted by Crippen LogP contribution is 2.32. The molecule has 8 nitrogen and oxygen atoms in total. The van der Waals surface area contributed by atoms with Crippen molar-refractivity contribution in [1.82, 2.24) is 24.6 Å². The highest BCUT2D eigenvalue weighted by molar-refractivity contribution is 5.68. The SMILES string of the molecule is C[C@H]1CCc2nc(cnc2N)-c2c(nn(C)c2C#N)CCN(C)COc2ccc(F)cc21. The Morgan fingerprint density at radius 3 is 2.84 bits per heavy atom. The molecule has 3 aromatic rings. The Labute approximate surface area is 186 Å². The molecular weight excluding hydrogens is 409 g/mol. The zero-order chi connectivity index (χ0) is 22.8. The quantitative estimate of drug-likeness (QED) is 0.578. The average Bonchev–Trinajstić information content (AvgIpc) is 3.10. The van der Waals surface area contributed by atoms with Crippen LogP contribution in [0.3, 0.4) is 0 Å². The minimum atomic E-state index is -0.294. The van der Waals surface area contributed by atoms with Gasteiger partial charge in [0.1, 0.15) is 35.9 Å². The van der Waals surface area contributed by atoms with Crippen molar-refractivity contribution in [2.45, 2.75) is 32.1 Å². The first-order valence-corrected chi connectivity index (χ1v) is 10.6. The Balaban J connectivity index is 1.79. The van der Waals surface area contributed by atoms with Crippen molar-refractivity contribution in [2.75, 3.05) is 26.1 Å². The van der Waals surface area contributed by atoms with Crippen LogP contribution in [0.2, 0.25) is 0 Å². The number of nitrogens with two attached hydrogens (primary N) is 1. The van der Waals surface area contributed by atoms with Gasteiger partial charge in [-0.15, -0.1) is 0 Å². The standard InChI is InChI=1S/C23H26FN7O/c1-14-4-6-18-23(26)27-12-19(28-18)22-17(29-31(3)20(22)11-25)8-9-30(2)13-32-21-7-5-15(24)10-16(14)21/h5,7,10,12,14H,4,6,8-9,13H2,1-3H3,(H2,26,27)/t14-/m0/s1. The van der Waals surface area contributed by atoms with Crippen molar-refractivity contribution in [2.24, 2.45) is 7.05 Å². The van der Waals surface area contributed by atoms with Gasteiger partial charge in [-0.3, -0.25) is 9.58 Å². The highest BCUT2D eigenvalue weighted by Gasteiger charge is 2.22. The molecule has 1 atom stereocenters. The van der Waals surface area contributed by atoms with Crippen LogP contribution in [0.4, 0.5) is 10.2 Å². The summed E-state index contributed by atoms with van der Waals surface area (Å²) in [6.07, 6.45) is 3.43. The summed E-state index contributed by atoms with van der Waals surface area (Å²) in [4.78, 5) is 11.1. The number of benzene rings is 1. The summed E-state index contributed by atoms with van der Waals surface area (Å²) >= 11 is 0. The lowest BCUT2D eigenvalue weighted by Gasteiger charge is -2.21. The number of aromatic nitrogens is 4. The van der Waals surface area contributed by atoms with Crippen molar-refractivity contribution in [3.05, 3.63) is 52.9 Å². The van der Waals surface area contributed by atoms with Gasteiger partial charge in [0, 0.05) is 20.0 Å². The van der Waals surface area contributed by atoms with Gasteiger partial charge in [-0.1, -0.05) is 6.92 Å². The zero-order valence-corrected chi connectivity index (χ0v) is 18.5. The fraction of sp³-hybridized carbons (Fsp3) is 0.391. The summed E-state index contributed by atoms with van der Waals surface area (Å²) in [7, 11) is 3.69. The zero-order valence-electron chi connectivity index (χ0n) is 18.5. The number of anilines is 1. The van der Waals surface area contributed by atoms with Gasteiger partial charge < -0.3 is 10.5 Å². The number of halogens is 1. The molecule has 0 radical (unpaired) electrons. The fourth-order valence-electron chi connectivity index (χ4n) is 3.98. The Morgan fingerprint density at radius 1 is 1.25 bits per heavy atom. The monoisotopic (exact) mass is 435 g/mol. The minimum Gasteiger partial charge on any atom is -0.478 e. The van der Waals surface area contributed by atoms with E-state index in [0.717, 1.165) is 11.3 Å². The molecule has 1 aromatic carbocycles.